The highest BCUT2D eigenvalue weighted by atomic mass is 35.5. The largest absolute Gasteiger partial charge is 0.487 e. The van der Waals surface area contributed by atoms with Gasteiger partial charge in [-0.2, -0.15) is 0 Å². The summed E-state index contributed by atoms with van der Waals surface area (Å²) >= 11 is 6.08. The van der Waals surface area contributed by atoms with Gasteiger partial charge in [0.15, 0.2) is 0 Å². The summed E-state index contributed by atoms with van der Waals surface area (Å²) in [5, 5.41) is 0.682. The van der Waals surface area contributed by atoms with E-state index in [0.717, 1.165) is 11.3 Å². The predicted octanol–water partition coefficient (Wildman–Crippen LogP) is 3.90. The Bertz CT molecular complexity index is 520. The molecule has 1 aliphatic rings. The third-order valence-electron chi connectivity index (χ3n) is 2.65. The van der Waals surface area contributed by atoms with Crippen molar-refractivity contribution in [3.63, 3.8) is 0 Å². The van der Waals surface area contributed by atoms with Crippen molar-refractivity contribution in [1.82, 2.24) is 0 Å². The normalized spacial score (nSPS) is 12.6. The highest BCUT2D eigenvalue weighted by Crippen LogP contribution is 2.41. The molecule has 0 aliphatic carbocycles. The fourth-order valence-corrected chi connectivity index (χ4v) is 2.16. The number of ether oxygens (including phenoxy) is 1. The lowest BCUT2D eigenvalue weighted by atomic mass is 9.97. The molecule has 0 bridgehead atoms. The Labute approximate surface area is 93.3 Å². The van der Waals surface area contributed by atoms with Crippen molar-refractivity contribution < 1.29 is 4.74 Å². The minimum Gasteiger partial charge on any atom is -0.487 e. The number of hydrogen-bond acceptors (Lipinski definition) is 1. The van der Waals surface area contributed by atoms with E-state index in [4.69, 9.17) is 16.3 Å². The van der Waals surface area contributed by atoms with E-state index >= 15 is 0 Å². The lowest BCUT2D eigenvalue weighted by molar-refractivity contribution is 0.302. The highest BCUT2D eigenvalue weighted by molar-refractivity contribution is 6.32. The Morgan fingerprint density at radius 3 is 2.67 bits per heavy atom. The van der Waals surface area contributed by atoms with Crippen LogP contribution in [0.25, 0.3) is 11.1 Å². The zero-order valence-corrected chi connectivity index (χ0v) is 8.79. The van der Waals surface area contributed by atoms with Crippen LogP contribution < -0.4 is 4.74 Å². The van der Waals surface area contributed by atoms with Crippen LogP contribution in [0.2, 0.25) is 5.02 Å². The van der Waals surface area contributed by atoms with Crippen LogP contribution in [0.5, 0.6) is 5.75 Å². The second-order valence-corrected chi connectivity index (χ2v) is 3.97. The van der Waals surface area contributed by atoms with Gasteiger partial charge in [-0.05, 0) is 17.2 Å². The summed E-state index contributed by atoms with van der Waals surface area (Å²) in [6.07, 6.45) is 0. The smallest absolute Gasteiger partial charge is 0.146 e. The molecule has 0 fully saturated rings. The quantitative estimate of drug-likeness (QED) is 0.649. The SMILES string of the molecule is Clc1cccc2c1OCc1ccccc1-2. The van der Waals surface area contributed by atoms with Gasteiger partial charge in [0.25, 0.3) is 0 Å². The maximum absolute atomic E-state index is 6.08. The molecule has 74 valence electrons. The molecule has 0 radical (unpaired) electrons. The number of para-hydroxylation sites is 1. The van der Waals surface area contributed by atoms with Crippen molar-refractivity contribution >= 4 is 11.6 Å². The molecule has 2 aromatic carbocycles. The van der Waals surface area contributed by atoms with Gasteiger partial charge in [-0.15, -0.1) is 0 Å². The zero-order valence-electron chi connectivity index (χ0n) is 8.03. The summed E-state index contributed by atoms with van der Waals surface area (Å²) in [5.74, 6) is 0.804. The maximum atomic E-state index is 6.08. The summed E-state index contributed by atoms with van der Waals surface area (Å²) in [7, 11) is 0. The van der Waals surface area contributed by atoms with E-state index in [9.17, 15) is 0 Å². The zero-order chi connectivity index (χ0) is 10.3. The summed E-state index contributed by atoms with van der Waals surface area (Å²) in [6, 6.07) is 14.1. The van der Waals surface area contributed by atoms with Crippen molar-refractivity contribution in [2.24, 2.45) is 0 Å². The molecule has 15 heavy (non-hydrogen) atoms. The van der Waals surface area contributed by atoms with Gasteiger partial charge in [0.05, 0.1) is 5.02 Å². The van der Waals surface area contributed by atoms with Gasteiger partial charge in [-0.1, -0.05) is 48.0 Å². The Morgan fingerprint density at radius 2 is 1.73 bits per heavy atom. The minimum atomic E-state index is 0.604. The molecule has 1 heterocycles. The molecule has 0 N–H and O–H groups in total. The average Bonchev–Trinajstić information content (AvgIpc) is 2.29. The van der Waals surface area contributed by atoms with Gasteiger partial charge in [0.2, 0.25) is 0 Å². The van der Waals surface area contributed by atoms with E-state index < -0.39 is 0 Å². The molecule has 1 aliphatic heterocycles. The van der Waals surface area contributed by atoms with Crippen molar-refractivity contribution in [2.75, 3.05) is 0 Å². The number of hydrogen-bond donors (Lipinski definition) is 0. The standard InChI is InChI=1S/C13H9ClO/c14-12-7-3-6-11-10-5-2-1-4-9(10)8-15-13(11)12/h1-7H,8H2. The maximum Gasteiger partial charge on any atom is 0.146 e. The van der Waals surface area contributed by atoms with Crippen molar-refractivity contribution in [3.8, 4) is 16.9 Å². The molecule has 0 amide bonds. The molecule has 1 nitrogen and oxygen atoms in total. The van der Waals surface area contributed by atoms with Gasteiger partial charge < -0.3 is 4.74 Å². The Morgan fingerprint density at radius 1 is 0.933 bits per heavy atom. The van der Waals surface area contributed by atoms with Gasteiger partial charge in [-0.3, -0.25) is 0 Å². The molecular formula is C13H9ClO. The monoisotopic (exact) mass is 216 g/mol. The highest BCUT2D eigenvalue weighted by Gasteiger charge is 2.18. The second-order valence-electron chi connectivity index (χ2n) is 3.56. The first-order chi connectivity index (χ1) is 7.36. The fourth-order valence-electron chi connectivity index (χ4n) is 1.93. The molecule has 0 saturated heterocycles. The third-order valence-corrected chi connectivity index (χ3v) is 2.94. The lowest BCUT2D eigenvalue weighted by Crippen LogP contribution is -2.05. The van der Waals surface area contributed by atoms with Crippen LogP contribution >= 0.6 is 11.6 Å². The van der Waals surface area contributed by atoms with Gasteiger partial charge in [0, 0.05) is 5.56 Å². The van der Waals surface area contributed by atoms with Crippen LogP contribution in [-0.2, 0) is 6.61 Å². The number of rotatable bonds is 0. The number of benzene rings is 2. The molecule has 2 heteroatoms. The Hall–Kier alpha value is -1.47. The van der Waals surface area contributed by atoms with E-state index in [1.165, 1.54) is 11.1 Å². The minimum absolute atomic E-state index is 0.604. The van der Waals surface area contributed by atoms with Crippen molar-refractivity contribution in [3.05, 3.63) is 53.1 Å². The van der Waals surface area contributed by atoms with Crippen molar-refractivity contribution in [1.29, 1.82) is 0 Å². The first-order valence-corrected chi connectivity index (χ1v) is 5.23. The molecule has 0 spiro atoms. The van der Waals surface area contributed by atoms with Gasteiger partial charge in [-0.25, -0.2) is 0 Å². The predicted molar refractivity (Wildman–Crippen MR) is 61.2 cm³/mol. The van der Waals surface area contributed by atoms with E-state index in [2.05, 4.69) is 12.1 Å². The molecular weight excluding hydrogens is 208 g/mol. The summed E-state index contributed by atoms with van der Waals surface area (Å²) in [4.78, 5) is 0. The van der Waals surface area contributed by atoms with Crippen molar-refractivity contribution in [2.45, 2.75) is 6.61 Å². The molecule has 2 aromatic rings. The van der Waals surface area contributed by atoms with Crippen LogP contribution in [0.1, 0.15) is 5.56 Å². The van der Waals surface area contributed by atoms with Crippen LogP contribution in [0.3, 0.4) is 0 Å². The molecule has 0 saturated carbocycles. The van der Waals surface area contributed by atoms with Crippen LogP contribution in [0.4, 0.5) is 0 Å². The Balaban J connectivity index is 2.30. The van der Waals surface area contributed by atoms with E-state index in [-0.39, 0.29) is 0 Å². The average molecular weight is 217 g/mol. The lowest BCUT2D eigenvalue weighted by Gasteiger charge is -2.21. The van der Waals surface area contributed by atoms with E-state index in [0.29, 0.717) is 11.6 Å². The van der Waals surface area contributed by atoms with Crippen LogP contribution in [-0.4, -0.2) is 0 Å². The Kier molecular flexibility index (Phi) is 1.93. The van der Waals surface area contributed by atoms with Gasteiger partial charge in [0.1, 0.15) is 12.4 Å². The van der Waals surface area contributed by atoms with Crippen LogP contribution in [0.15, 0.2) is 42.5 Å². The van der Waals surface area contributed by atoms with E-state index in [1.54, 1.807) is 0 Å². The second kappa shape index (κ2) is 3.28. The fraction of sp³-hybridized carbons (Fsp3) is 0.0769. The van der Waals surface area contributed by atoms with Crippen LogP contribution in [0, 0.1) is 0 Å². The first kappa shape index (κ1) is 8.81. The number of fused-ring (bicyclic) bond motifs is 3. The molecule has 0 unspecified atom stereocenters. The third kappa shape index (κ3) is 1.31. The number of halogens is 1. The molecule has 0 atom stereocenters. The summed E-state index contributed by atoms with van der Waals surface area (Å²) < 4.78 is 5.65. The first-order valence-electron chi connectivity index (χ1n) is 4.86. The molecule has 3 rings (SSSR count). The summed E-state index contributed by atoms with van der Waals surface area (Å²) in [5.41, 5.74) is 3.53. The van der Waals surface area contributed by atoms with Gasteiger partial charge >= 0.3 is 0 Å². The summed E-state index contributed by atoms with van der Waals surface area (Å²) in [6.45, 7) is 0.604. The van der Waals surface area contributed by atoms with E-state index in [1.807, 2.05) is 30.3 Å². The molecule has 0 aromatic heterocycles. The topological polar surface area (TPSA) is 9.23 Å².